The molecule has 6 aromatic carbocycles. The topological polar surface area (TPSA) is 9.23 Å². The van der Waals surface area contributed by atoms with E-state index in [9.17, 15) is 0 Å². The van der Waals surface area contributed by atoms with Crippen molar-refractivity contribution < 1.29 is 4.74 Å². The Balaban J connectivity index is 1.30. The average molecular weight is 580 g/mol. The minimum Gasteiger partial charge on any atom is -0.473 e. The Kier molecular flexibility index (Phi) is 5.89. The van der Waals surface area contributed by atoms with Gasteiger partial charge in [-0.15, -0.1) is 0 Å². The van der Waals surface area contributed by atoms with Crippen molar-refractivity contribution in [2.24, 2.45) is 0 Å². The molecule has 0 aliphatic carbocycles. The Bertz CT molecular complexity index is 1660. The number of hydrogen-bond donors (Lipinski definition) is 0. The van der Waals surface area contributed by atoms with Gasteiger partial charge in [0.15, 0.2) is 0 Å². The van der Waals surface area contributed by atoms with Gasteiger partial charge in [0.1, 0.15) is 0 Å². The highest BCUT2D eigenvalue weighted by Crippen LogP contribution is 2.33. The van der Waals surface area contributed by atoms with E-state index >= 15 is 0 Å². The van der Waals surface area contributed by atoms with E-state index in [1.165, 1.54) is 43.1 Å². The number of benzene rings is 6. The molecule has 0 aliphatic heterocycles. The van der Waals surface area contributed by atoms with Gasteiger partial charge < -0.3 is 4.74 Å². The maximum absolute atomic E-state index is 5.79. The highest BCUT2D eigenvalue weighted by Gasteiger charge is 2.06. The van der Waals surface area contributed by atoms with E-state index in [1.54, 1.807) is 12.5 Å². The molecule has 0 fully saturated rings. The van der Waals surface area contributed by atoms with Gasteiger partial charge in [-0.25, -0.2) is 0 Å². The molecule has 35 heavy (non-hydrogen) atoms. The maximum atomic E-state index is 5.79. The van der Waals surface area contributed by atoms with Gasteiger partial charge in [0.25, 0.3) is 0 Å². The van der Waals surface area contributed by atoms with Crippen molar-refractivity contribution in [3.05, 3.63) is 130 Å². The number of hydrogen-bond acceptors (Lipinski definition) is 1. The molecule has 0 aliphatic rings. The van der Waals surface area contributed by atoms with Crippen molar-refractivity contribution in [3.63, 3.8) is 0 Å². The fraction of sp³-hybridized carbons (Fsp3) is 0. The molecule has 0 unspecified atom stereocenters. The highest BCUT2D eigenvalue weighted by molar-refractivity contribution is 9.11. The fourth-order valence-corrected chi connectivity index (χ4v) is 5.52. The van der Waals surface area contributed by atoms with Crippen molar-refractivity contribution in [1.82, 2.24) is 0 Å². The predicted octanol–water partition coefficient (Wildman–Crippen LogP) is 10.5. The van der Waals surface area contributed by atoms with E-state index in [-0.39, 0.29) is 0 Å². The molecular weight excluding hydrogens is 560 g/mol. The van der Waals surface area contributed by atoms with Gasteiger partial charge in [0.2, 0.25) is 0 Å². The summed E-state index contributed by atoms with van der Waals surface area (Å²) in [5.74, 6) is 0. The summed E-state index contributed by atoms with van der Waals surface area (Å²) in [6.07, 6.45) is 7.51. The number of halogens is 2. The summed E-state index contributed by atoms with van der Waals surface area (Å²) >= 11 is 7.41. The molecule has 6 rings (SSSR count). The molecule has 0 radical (unpaired) electrons. The van der Waals surface area contributed by atoms with Crippen LogP contribution in [0.2, 0.25) is 0 Å². The molecule has 0 amide bonds. The number of fused-ring (bicyclic) bond motifs is 4. The molecule has 0 saturated heterocycles. The smallest absolute Gasteiger partial charge is 0.0907 e. The van der Waals surface area contributed by atoms with Crippen LogP contribution in [0.15, 0.2) is 119 Å². The van der Waals surface area contributed by atoms with Crippen LogP contribution in [0.3, 0.4) is 0 Å². The summed E-state index contributed by atoms with van der Waals surface area (Å²) in [4.78, 5) is 0. The Hall–Kier alpha value is -3.40. The molecule has 0 N–H and O–H groups in total. The summed E-state index contributed by atoms with van der Waals surface area (Å²) in [6, 6.07) is 34.2. The molecule has 0 saturated carbocycles. The molecule has 6 aromatic rings. The van der Waals surface area contributed by atoms with E-state index < -0.39 is 0 Å². The highest BCUT2D eigenvalue weighted by atomic mass is 79.9. The molecule has 0 spiro atoms. The van der Waals surface area contributed by atoms with E-state index in [4.69, 9.17) is 4.74 Å². The van der Waals surface area contributed by atoms with Crippen LogP contribution < -0.4 is 0 Å². The lowest BCUT2D eigenvalue weighted by Crippen LogP contribution is -1.83. The molecule has 1 nitrogen and oxygen atoms in total. The molecule has 0 atom stereocenters. The molecule has 0 aromatic heterocycles. The van der Waals surface area contributed by atoms with Crippen LogP contribution in [0.4, 0.5) is 0 Å². The second-order valence-electron chi connectivity index (χ2n) is 8.50. The van der Waals surface area contributed by atoms with E-state index in [0.29, 0.717) is 0 Å². The quantitative estimate of drug-likeness (QED) is 0.149. The van der Waals surface area contributed by atoms with Gasteiger partial charge in [-0.2, -0.15) is 0 Å². The van der Waals surface area contributed by atoms with Gasteiger partial charge in [0.05, 0.1) is 12.5 Å². The monoisotopic (exact) mass is 578 g/mol. The van der Waals surface area contributed by atoms with Gasteiger partial charge in [-0.1, -0.05) is 92.5 Å². The number of ether oxygens (including phenoxy) is 1. The normalized spacial score (nSPS) is 12.1. The summed E-state index contributed by atoms with van der Waals surface area (Å²) in [6.45, 7) is 0. The zero-order valence-corrected chi connectivity index (χ0v) is 21.9. The largest absolute Gasteiger partial charge is 0.473 e. The first-order valence-corrected chi connectivity index (χ1v) is 13.0. The summed E-state index contributed by atoms with van der Waals surface area (Å²) in [5, 5.41) is 9.67. The zero-order valence-electron chi connectivity index (χ0n) is 18.7. The lowest BCUT2D eigenvalue weighted by molar-refractivity contribution is 0.410. The van der Waals surface area contributed by atoms with Crippen molar-refractivity contribution in [2.75, 3.05) is 0 Å². The van der Waals surface area contributed by atoms with Gasteiger partial charge in [0, 0.05) is 8.95 Å². The third kappa shape index (κ3) is 4.27. The SMILES string of the molecule is Brc1ccc(C=COC=Cc2ccc(Br)c3cc4ccccc4cc23)c2cc3ccccc3cc12. The number of rotatable bonds is 4. The summed E-state index contributed by atoms with van der Waals surface area (Å²) in [7, 11) is 0. The van der Waals surface area contributed by atoms with Crippen LogP contribution in [0.5, 0.6) is 0 Å². The molecule has 3 heteroatoms. The summed E-state index contributed by atoms with van der Waals surface area (Å²) in [5.41, 5.74) is 2.23. The van der Waals surface area contributed by atoms with Crippen LogP contribution in [0.1, 0.15) is 11.1 Å². The van der Waals surface area contributed by atoms with Crippen molar-refractivity contribution >= 4 is 87.1 Å². The standard InChI is InChI=1S/C32H20Br2O/c33-31-11-9-21(27-17-23-5-1-3-7-25(23)19-29(27)31)13-15-35-16-14-22-10-12-32(34)30-20-26-8-4-2-6-24(26)18-28(22)30/h1-20H. The molecule has 168 valence electrons. The second kappa shape index (κ2) is 9.33. The lowest BCUT2D eigenvalue weighted by atomic mass is 10.00. The third-order valence-corrected chi connectivity index (χ3v) is 7.76. The van der Waals surface area contributed by atoms with Crippen LogP contribution in [0.25, 0.3) is 55.2 Å². The van der Waals surface area contributed by atoms with Gasteiger partial charge in [-0.3, -0.25) is 0 Å². The molecular formula is C32H20Br2O. The van der Waals surface area contributed by atoms with E-state index in [2.05, 4.69) is 129 Å². The minimum absolute atomic E-state index is 1.09. The minimum atomic E-state index is 1.09. The Morgan fingerprint density at radius 3 is 1.23 bits per heavy atom. The molecule has 0 heterocycles. The summed E-state index contributed by atoms with van der Waals surface area (Å²) < 4.78 is 7.97. The van der Waals surface area contributed by atoms with E-state index in [0.717, 1.165) is 20.1 Å². The van der Waals surface area contributed by atoms with Crippen LogP contribution in [-0.4, -0.2) is 0 Å². The first-order valence-electron chi connectivity index (χ1n) is 11.4. The van der Waals surface area contributed by atoms with Gasteiger partial charge >= 0.3 is 0 Å². The van der Waals surface area contributed by atoms with Crippen LogP contribution in [0, 0.1) is 0 Å². The van der Waals surface area contributed by atoms with Crippen LogP contribution in [-0.2, 0) is 4.74 Å². The Morgan fingerprint density at radius 2 is 0.829 bits per heavy atom. The Labute approximate surface area is 220 Å². The maximum Gasteiger partial charge on any atom is 0.0907 e. The third-order valence-electron chi connectivity index (χ3n) is 6.38. The van der Waals surface area contributed by atoms with Crippen molar-refractivity contribution in [1.29, 1.82) is 0 Å². The fourth-order valence-electron chi connectivity index (χ4n) is 4.60. The van der Waals surface area contributed by atoms with Crippen LogP contribution >= 0.6 is 31.9 Å². The van der Waals surface area contributed by atoms with Gasteiger partial charge in [-0.05, 0) is 103 Å². The average Bonchev–Trinajstić information content (AvgIpc) is 2.89. The van der Waals surface area contributed by atoms with Crippen molar-refractivity contribution in [2.45, 2.75) is 0 Å². The zero-order chi connectivity index (χ0) is 23.8. The van der Waals surface area contributed by atoms with E-state index in [1.807, 2.05) is 12.2 Å². The Morgan fingerprint density at radius 1 is 0.457 bits per heavy atom. The first-order chi connectivity index (χ1) is 17.2. The van der Waals surface area contributed by atoms with Crippen molar-refractivity contribution in [3.8, 4) is 0 Å². The first kappa shape index (κ1) is 22.1. The second-order valence-corrected chi connectivity index (χ2v) is 10.2. The predicted molar refractivity (Wildman–Crippen MR) is 157 cm³/mol. The molecule has 0 bridgehead atoms. The lowest BCUT2D eigenvalue weighted by Gasteiger charge is -2.08.